The van der Waals surface area contributed by atoms with Crippen molar-refractivity contribution in [3.05, 3.63) is 0 Å². The summed E-state index contributed by atoms with van der Waals surface area (Å²) in [6, 6.07) is -0.620. The largest absolute Gasteiger partial charge is 0.480 e. The van der Waals surface area contributed by atoms with Gasteiger partial charge in [0, 0.05) is 7.11 Å². The molecule has 4 heteroatoms. The average molecular weight is 147 g/mol. The Morgan fingerprint density at radius 2 is 2.20 bits per heavy atom. The lowest BCUT2D eigenvalue weighted by molar-refractivity contribution is -0.142. The number of likely N-dealkylation sites (N-methyl/N-ethyl adjacent to an activating group) is 1. The van der Waals surface area contributed by atoms with Gasteiger partial charge in [0.2, 0.25) is 0 Å². The van der Waals surface area contributed by atoms with Crippen LogP contribution in [0, 0.1) is 0 Å². The molecule has 1 unspecified atom stereocenters. The minimum Gasteiger partial charge on any atom is -0.480 e. The normalized spacial score (nSPS) is 16.3. The minimum atomic E-state index is -0.892. The second-order valence-corrected chi connectivity index (χ2v) is 2.05. The summed E-state index contributed by atoms with van der Waals surface area (Å²) in [4.78, 5) is 10.4. The van der Waals surface area contributed by atoms with E-state index in [9.17, 15) is 4.79 Å². The van der Waals surface area contributed by atoms with Crippen molar-refractivity contribution in [3.8, 4) is 0 Å². The molecule has 60 valence electrons. The first kappa shape index (κ1) is 9.39. The summed E-state index contributed by atoms with van der Waals surface area (Å²) in [6.07, 6.45) is -0.303. The van der Waals surface area contributed by atoms with Gasteiger partial charge in [0.05, 0.1) is 6.10 Å². The summed E-state index contributed by atoms with van der Waals surface area (Å²) < 4.78 is 4.82. The maximum Gasteiger partial charge on any atom is 0.323 e. The van der Waals surface area contributed by atoms with E-state index in [1.807, 2.05) is 0 Å². The fourth-order valence-electron chi connectivity index (χ4n) is 0.695. The number of rotatable bonds is 4. The molecule has 4 nitrogen and oxygen atoms in total. The van der Waals surface area contributed by atoms with Gasteiger partial charge in [0.25, 0.3) is 0 Å². The van der Waals surface area contributed by atoms with E-state index in [0.29, 0.717) is 0 Å². The van der Waals surface area contributed by atoms with E-state index in [-0.39, 0.29) is 6.10 Å². The van der Waals surface area contributed by atoms with Crippen molar-refractivity contribution in [1.82, 2.24) is 5.32 Å². The van der Waals surface area contributed by atoms with E-state index in [2.05, 4.69) is 5.32 Å². The Hall–Kier alpha value is -0.610. The number of carboxylic acids is 1. The smallest absolute Gasteiger partial charge is 0.323 e. The van der Waals surface area contributed by atoms with Crippen LogP contribution in [-0.4, -0.2) is 37.4 Å². The first-order chi connectivity index (χ1) is 4.63. The third kappa shape index (κ3) is 2.33. The van der Waals surface area contributed by atoms with Crippen molar-refractivity contribution in [2.75, 3.05) is 14.2 Å². The van der Waals surface area contributed by atoms with Crippen molar-refractivity contribution in [2.24, 2.45) is 0 Å². The minimum absolute atomic E-state index is 0.303. The predicted octanol–water partition coefficient (Wildman–Crippen LogP) is -0.306. The Morgan fingerprint density at radius 1 is 1.70 bits per heavy atom. The molecule has 0 spiro atoms. The summed E-state index contributed by atoms with van der Waals surface area (Å²) in [5.41, 5.74) is 0. The fraction of sp³-hybridized carbons (Fsp3) is 0.833. The van der Waals surface area contributed by atoms with E-state index in [1.165, 1.54) is 7.11 Å². The lowest BCUT2D eigenvalue weighted by Crippen LogP contribution is -2.43. The van der Waals surface area contributed by atoms with E-state index < -0.39 is 12.0 Å². The molecule has 0 rings (SSSR count). The number of carbonyl (C=O) groups is 1. The molecule has 0 aromatic heterocycles. The molecule has 2 atom stereocenters. The van der Waals surface area contributed by atoms with Crippen LogP contribution >= 0.6 is 0 Å². The summed E-state index contributed by atoms with van der Waals surface area (Å²) in [5, 5.41) is 11.2. The molecule has 10 heavy (non-hydrogen) atoms. The Labute approximate surface area is 60.2 Å². The van der Waals surface area contributed by atoms with Gasteiger partial charge in [0.1, 0.15) is 6.04 Å². The summed E-state index contributed by atoms with van der Waals surface area (Å²) >= 11 is 0. The highest BCUT2D eigenvalue weighted by molar-refractivity contribution is 5.74. The third-order valence-electron chi connectivity index (χ3n) is 1.42. The van der Waals surface area contributed by atoms with Gasteiger partial charge in [-0.2, -0.15) is 0 Å². The van der Waals surface area contributed by atoms with Crippen LogP contribution in [0.15, 0.2) is 0 Å². The fourth-order valence-corrected chi connectivity index (χ4v) is 0.695. The molecule has 2 N–H and O–H groups in total. The van der Waals surface area contributed by atoms with Gasteiger partial charge < -0.3 is 15.2 Å². The van der Waals surface area contributed by atoms with Crippen LogP contribution in [0.2, 0.25) is 0 Å². The molecule has 0 aromatic carbocycles. The quantitative estimate of drug-likeness (QED) is 0.573. The second kappa shape index (κ2) is 4.24. The highest BCUT2D eigenvalue weighted by Crippen LogP contribution is 1.95. The van der Waals surface area contributed by atoms with E-state index in [0.717, 1.165) is 0 Å². The summed E-state index contributed by atoms with van der Waals surface area (Å²) in [6.45, 7) is 1.70. The number of carboxylic acid groups (broad SMARTS) is 1. The highest BCUT2D eigenvalue weighted by atomic mass is 16.5. The molecule has 0 radical (unpaired) electrons. The molecule has 0 saturated heterocycles. The molecule has 0 saturated carbocycles. The van der Waals surface area contributed by atoms with Crippen LogP contribution in [0.4, 0.5) is 0 Å². The van der Waals surface area contributed by atoms with Crippen LogP contribution < -0.4 is 5.32 Å². The van der Waals surface area contributed by atoms with Crippen molar-refractivity contribution in [2.45, 2.75) is 19.1 Å². The Morgan fingerprint density at radius 3 is 2.30 bits per heavy atom. The van der Waals surface area contributed by atoms with E-state index >= 15 is 0 Å². The van der Waals surface area contributed by atoms with Crippen molar-refractivity contribution >= 4 is 5.97 Å². The standard InChI is InChI=1S/C6H13NO3/c1-4(10-3)5(7-2)6(8)9/h4-5,7H,1-3H3,(H,8,9)/t4-,5?/m1/s1. The molecular formula is C6H13NO3. The number of hydrogen-bond donors (Lipinski definition) is 2. The van der Waals surface area contributed by atoms with Crippen molar-refractivity contribution in [1.29, 1.82) is 0 Å². The predicted molar refractivity (Wildman–Crippen MR) is 37.0 cm³/mol. The van der Waals surface area contributed by atoms with Gasteiger partial charge in [-0.25, -0.2) is 0 Å². The maximum atomic E-state index is 10.4. The van der Waals surface area contributed by atoms with Crippen LogP contribution in [-0.2, 0) is 9.53 Å². The first-order valence-corrected chi connectivity index (χ1v) is 3.06. The Bertz CT molecular complexity index is 116. The van der Waals surface area contributed by atoms with Gasteiger partial charge in [-0.15, -0.1) is 0 Å². The molecule has 0 bridgehead atoms. The lowest BCUT2D eigenvalue weighted by atomic mass is 10.2. The van der Waals surface area contributed by atoms with Gasteiger partial charge in [-0.3, -0.25) is 4.79 Å². The van der Waals surface area contributed by atoms with Crippen LogP contribution in [0.3, 0.4) is 0 Å². The molecular weight excluding hydrogens is 134 g/mol. The number of ether oxygens (including phenoxy) is 1. The van der Waals surface area contributed by atoms with E-state index in [4.69, 9.17) is 9.84 Å². The molecule has 0 aliphatic carbocycles. The number of methoxy groups -OCH3 is 1. The molecule has 0 aliphatic heterocycles. The van der Waals surface area contributed by atoms with E-state index in [1.54, 1.807) is 14.0 Å². The van der Waals surface area contributed by atoms with Gasteiger partial charge in [0.15, 0.2) is 0 Å². The molecule has 0 aliphatic rings. The van der Waals surface area contributed by atoms with Gasteiger partial charge >= 0.3 is 5.97 Å². The molecule has 0 amide bonds. The number of aliphatic carboxylic acids is 1. The topological polar surface area (TPSA) is 58.6 Å². The van der Waals surface area contributed by atoms with Crippen molar-refractivity contribution < 1.29 is 14.6 Å². The number of hydrogen-bond acceptors (Lipinski definition) is 3. The van der Waals surface area contributed by atoms with Gasteiger partial charge in [-0.1, -0.05) is 0 Å². The zero-order valence-corrected chi connectivity index (χ0v) is 6.42. The number of nitrogens with one attached hydrogen (secondary N) is 1. The van der Waals surface area contributed by atoms with Gasteiger partial charge in [-0.05, 0) is 14.0 Å². The monoisotopic (exact) mass is 147 g/mol. The second-order valence-electron chi connectivity index (χ2n) is 2.05. The first-order valence-electron chi connectivity index (χ1n) is 3.06. The SMILES string of the molecule is CNC(C(=O)O)[C@@H](C)OC. The lowest BCUT2D eigenvalue weighted by Gasteiger charge is -2.17. The van der Waals surface area contributed by atoms with Crippen LogP contribution in [0.5, 0.6) is 0 Å². The van der Waals surface area contributed by atoms with Crippen LogP contribution in [0.1, 0.15) is 6.92 Å². The zero-order valence-electron chi connectivity index (χ0n) is 6.42. The molecule has 0 aromatic rings. The summed E-state index contributed by atoms with van der Waals surface area (Å²) in [7, 11) is 3.08. The average Bonchev–Trinajstić information content (AvgIpc) is 1.88. The molecule has 0 fully saturated rings. The zero-order chi connectivity index (χ0) is 8.15. The molecule has 0 heterocycles. The maximum absolute atomic E-state index is 10.4. The summed E-state index contributed by atoms with van der Waals surface area (Å²) in [5.74, 6) is -0.892. The Balaban J connectivity index is 3.92. The van der Waals surface area contributed by atoms with Crippen molar-refractivity contribution in [3.63, 3.8) is 0 Å². The highest BCUT2D eigenvalue weighted by Gasteiger charge is 2.21. The third-order valence-corrected chi connectivity index (χ3v) is 1.42. The Kier molecular flexibility index (Phi) is 3.99. The van der Waals surface area contributed by atoms with Crippen LogP contribution in [0.25, 0.3) is 0 Å².